The molecule has 30 heteroatoms. The second kappa shape index (κ2) is 26.9. The number of fused-ring (bicyclic) bond motifs is 7. The van der Waals surface area contributed by atoms with E-state index < -0.39 is 204 Å². The molecule has 37 atom stereocenters. The highest BCUT2D eigenvalue weighted by Gasteiger charge is 2.71. The van der Waals surface area contributed by atoms with Crippen molar-refractivity contribution in [3.63, 3.8) is 0 Å². The molecule has 4 saturated carbocycles. The van der Waals surface area contributed by atoms with Crippen LogP contribution in [0.1, 0.15) is 85.5 Å². The van der Waals surface area contributed by atoms with Crippen molar-refractivity contribution in [2.24, 2.45) is 52.3 Å². The van der Waals surface area contributed by atoms with Gasteiger partial charge in [0.2, 0.25) is 0 Å². The molecule has 7 unspecified atom stereocenters. The van der Waals surface area contributed by atoms with Gasteiger partial charge in [0.05, 0.1) is 51.8 Å². The summed E-state index contributed by atoms with van der Waals surface area (Å²) in [6.07, 6.45) is -34.8. The topological polar surface area (TPSA) is 464 Å². The molecule has 17 N–H and O–H groups in total. The average molecular weight is 1270 g/mol. The highest BCUT2D eigenvalue weighted by atomic mass is 16.8. The van der Waals surface area contributed by atoms with Gasteiger partial charge in [0.25, 0.3) is 0 Å². The molecule has 7 aliphatic heterocycles. The summed E-state index contributed by atoms with van der Waals surface area (Å²) in [6, 6.07) is 0. The van der Waals surface area contributed by atoms with Crippen molar-refractivity contribution in [1.82, 2.24) is 5.32 Å². The molecule has 88 heavy (non-hydrogen) atoms. The Hall–Kier alpha value is -1.65. The Labute approximate surface area is 508 Å². The smallest absolute Gasteiger partial charge is 0.303 e. The van der Waals surface area contributed by atoms with Gasteiger partial charge in [0.15, 0.2) is 37.2 Å². The van der Waals surface area contributed by atoms with E-state index in [1.807, 2.05) is 0 Å². The molecule has 0 aromatic rings. The summed E-state index contributed by atoms with van der Waals surface area (Å²) < 4.78 is 72.8. The first-order valence-electron chi connectivity index (χ1n) is 31.5. The summed E-state index contributed by atoms with van der Waals surface area (Å²) in [5, 5.41) is 175. The molecule has 7 heterocycles. The normalized spacial score (nSPS) is 55.5. The predicted molar refractivity (Wildman–Crippen MR) is 289 cm³/mol. The Balaban J connectivity index is 0.728. The minimum Gasteiger partial charge on any atom is -0.458 e. The second-order valence-corrected chi connectivity index (χ2v) is 27.5. The minimum absolute atomic E-state index is 0.0503. The Morgan fingerprint density at radius 2 is 1.11 bits per heavy atom. The molecule has 1 spiro atoms. The molecule has 11 fully saturated rings. The summed E-state index contributed by atoms with van der Waals surface area (Å²) in [5.41, 5.74) is -1.09. The molecule has 11 aliphatic rings. The van der Waals surface area contributed by atoms with E-state index in [9.17, 15) is 86.5 Å². The van der Waals surface area contributed by atoms with Crippen LogP contribution in [0, 0.1) is 52.3 Å². The van der Waals surface area contributed by atoms with Crippen LogP contribution in [0.3, 0.4) is 0 Å². The van der Waals surface area contributed by atoms with Crippen LogP contribution < -0.4 is 5.32 Å². The van der Waals surface area contributed by atoms with E-state index in [0.717, 1.165) is 38.5 Å². The SMILES string of the molecule is CC(=O)O[C@H]1C[C@H](CO[C@@H]2O[C@H](CO)[C@@H](O)[C@H](O)[C@H]2O)CN[C@@]12OC1CC3C4CC[C@H]5C[C@@H](OC6O[C@H](CO)[C@H](O[C@@H]7O[C@H](CO)[C@@H](O)[C@H](O[C@@H]8OC[C@@H](O)[C@H](O)[C@H]8O)[C@H]7O[C@@H]7O[C@H](CO)[C@@H](O)[C@H](O)[C@H]7O)[C@H](O)[C@H]6O)CC[C@]5(C)C4CC[C@]3(C)C1C2C. The molecular formula is C58H95NO29. The number of rotatable bonds is 16. The van der Waals surface area contributed by atoms with Gasteiger partial charge in [-0.1, -0.05) is 20.8 Å². The fraction of sp³-hybridized carbons (Fsp3) is 0.983. The largest absolute Gasteiger partial charge is 0.458 e. The van der Waals surface area contributed by atoms with E-state index in [4.69, 9.17) is 56.8 Å². The first-order chi connectivity index (χ1) is 41.8. The maximum Gasteiger partial charge on any atom is 0.303 e. The van der Waals surface area contributed by atoms with Crippen molar-refractivity contribution in [2.75, 3.05) is 46.2 Å². The summed E-state index contributed by atoms with van der Waals surface area (Å²) in [5.74, 6) is 0.879. The molecular weight excluding hydrogens is 1170 g/mol. The number of aliphatic hydroxyl groups is 16. The monoisotopic (exact) mass is 1270 g/mol. The zero-order valence-corrected chi connectivity index (χ0v) is 49.9. The number of ether oxygens (including phenoxy) is 12. The van der Waals surface area contributed by atoms with Gasteiger partial charge in [0.1, 0.15) is 122 Å². The van der Waals surface area contributed by atoms with E-state index in [1.165, 1.54) is 6.92 Å². The van der Waals surface area contributed by atoms with Crippen molar-refractivity contribution >= 4 is 5.97 Å². The van der Waals surface area contributed by atoms with Gasteiger partial charge in [-0.3, -0.25) is 10.1 Å². The van der Waals surface area contributed by atoms with E-state index in [0.29, 0.717) is 43.6 Å². The minimum atomic E-state index is -2.03. The third kappa shape index (κ3) is 12.1. The maximum absolute atomic E-state index is 12.7. The summed E-state index contributed by atoms with van der Waals surface area (Å²) in [7, 11) is 0. The van der Waals surface area contributed by atoms with Crippen LogP contribution >= 0.6 is 0 Å². The first kappa shape index (κ1) is 67.8. The zero-order chi connectivity index (χ0) is 63.2. The number of carbonyl (C=O) groups is 1. The average Bonchev–Trinajstić information content (AvgIpc) is 1.50. The van der Waals surface area contributed by atoms with Crippen molar-refractivity contribution in [2.45, 2.75) is 257 Å². The fourth-order valence-electron chi connectivity index (χ4n) is 18.0. The number of carbonyl (C=O) groups excluding carboxylic acids is 1. The quantitative estimate of drug-likeness (QED) is 0.0505. The molecule has 0 bridgehead atoms. The third-order valence-electron chi connectivity index (χ3n) is 22.7. The van der Waals surface area contributed by atoms with Gasteiger partial charge in [-0.15, -0.1) is 0 Å². The molecule has 0 amide bonds. The first-order valence-corrected chi connectivity index (χ1v) is 31.5. The summed E-state index contributed by atoms with van der Waals surface area (Å²) >= 11 is 0. The van der Waals surface area contributed by atoms with E-state index >= 15 is 0 Å². The van der Waals surface area contributed by atoms with Gasteiger partial charge in [-0.05, 0) is 104 Å². The molecule has 0 aromatic carbocycles. The van der Waals surface area contributed by atoms with E-state index in [-0.39, 0.29) is 47.2 Å². The number of nitrogens with one attached hydrogen (secondary N) is 1. The summed E-state index contributed by atoms with van der Waals surface area (Å²) in [4.78, 5) is 12.7. The van der Waals surface area contributed by atoms with E-state index in [2.05, 4.69) is 26.1 Å². The Morgan fingerprint density at radius 3 is 1.78 bits per heavy atom. The Morgan fingerprint density at radius 1 is 0.545 bits per heavy atom. The number of hydrogen-bond donors (Lipinski definition) is 17. The van der Waals surface area contributed by atoms with Crippen LogP contribution in [0.2, 0.25) is 0 Å². The third-order valence-corrected chi connectivity index (χ3v) is 22.7. The maximum atomic E-state index is 12.7. The number of hydrogen-bond acceptors (Lipinski definition) is 30. The molecule has 0 radical (unpaired) electrons. The van der Waals surface area contributed by atoms with Crippen LogP contribution in [0.25, 0.3) is 0 Å². The molecule has 7 saturated heterocycles. The van der Waals surface area contributed by atoms with Crippen LogP contribution in [-0.2, 0) is 61.6 Å². The predicted octanol–water partition coefficient (Wildman–Crippen LogP) is -6.36. The Bertz CT molecular complexity index is 2330. The highest BCUT2D eigenvalue weighted by Crippen LogP contribution is 2.71. The lowest BCUT2D eigenvalue weighted by Crippen LogP contribution is -2.68. The van der Waals surface area contributed by atoms with Crippen molar-refractivity contribution in [3.05, 3.63) is 0 Å². The number of aliphatic hydroxyl groups excluding tert-OH is 16. The number of esters is 1. The summed E-state index contributed by atoms with van der Waals surface area (Å²) in [6.45, 7) is 5.16. The standard InChI is InChI=1S/C58H95NO29/c1-21-36-30(88-58(21)35(79-22(2)64)11-23(14-59-58)19-77-51-45(74)41(70)38(67)31(15-60)81-51)13-28-26-6-5-24-12-25(7-9-56(24,3)27(26)8-10-57(28,36)4)80-53-47(76)43(72)48(34(18-63)84-53)85-55-50(87-54-46(75)42(71)39(68)32(16-61)82-54)49(40(69)33(17-62)83-55)86-52-44(73)37(66)29(65)20-78-52/h21,23-55,59-63,65-76H,5-20H2,1-4H3/t21?,23-,24-,25-,26?,27?,28?,29+,30?,31+,32+,33+,34+,35-,36?,37-,38+,39+,40+,41-,42-,43+,44+,45+,46+,47+,48-,49-,50+,51+,52-,53?,54-,55-,56-,57-,58-/m0/s1. The van der Waals surface area contributed by atoms with Gasteiger partial charge in [-0.2, -0.15) is 0 Å². The lowest BCUT2D eigenvalue weighted by Gasteiger charge is -2.61. The fourth-order valence-corrected chi connectivity index (χ4v) is 18.0. The van der Waals surface area contributed by atoms with Crippen LogP contribution in [-0.4, -0.2) is 305 Å². The van der Waals surface area contributed by atoms with Crippen molar-refractivity contribution < 1.29 is 143 Å². The van der Waals surface area contributed by atoms with Crippen LogP contribution in [0.5, 0.6) is 0 Å². The van der Waals surface area contributed by atoms with Crippen molar-refractivity contribution in [3.8, 4) is 0 Å². The lowest BCUT2D eigenvalue weighted by molar-refractivity contribution is -0.404. The van der Waals surface area contributed by atoms with Gasteiger partial charge in [0, 0.05) is 19.4 Å². The highest BCUT2D eigenvalue weighted by molar-refractivity contribution is 5.66. The molecule has 0 aromatic heterocycles. The Kier molecular flexibility index (Phi) is 20.7. The molecule has 11 rings (SSSR count). The van der Waals surface area contributed by atoms with Crippen LogP contribution in [0.15, 0.2) is 0 Å². The molecule has 506 valence electrons. The lowest BCUT2D eigenvalue weighted by atomic mass is 9.44. The number of piperidine rings is 1. The zero-order valence-electron chi connectivity index (χ0n) is 49.9. The van der Waals surface area contributed by atoms with E-state index in [1.54, 1.807) is 0 Å². The van der Waals surface area contributed by atoms with Crippen molar-refractivity contribution in [1.29, 1.82) is 0 Å². The second-order valence-electron chi connectivity index (χ2n) is 27.5. The van der Waals surface area contributed by atoms with Crippen LogP contribution in [0.4, 0.5) is 0 Å². The molecule has 30 nitrogen and oxygen atoms in total. The van der Waals surface area contributed by atoms with Gasteiger partial charge >= 0.3 is 5.97 Å². The van der Waals surface area contributed by atoms with Gasteiger partial charge < -0.3 is 139 Å². The molecule has 4 aliphatic carbocycles. The van der Waals surface area contributed by atoms with Gasteiger partial charge in [-0.25, -0.2) is 0 Å².